The van der Waals surface area contributed by atoms with E-state index in [-0.39, 0.29) is 14.9 Å². The number of benzene rings is 2. The highest BCUT2D eigenvalue weighted by Gasteiger charge is 2.43. The van der Waals surface area contributed by atoms with Crippen LogP contribution in [0.25, 0.3) is 0 Å². The SMILES string of the molecule is C.C.C[SiH](C)O[Si](O[SiH](C)C)(c1ccccc1)c1ccccc1. The van der Waals surface area contributed by atoms with Gasteiger partial charge < -0.3 is 8.23 Å². The van der Waals surface area contributed by atoms with Crippen LogP contribution in [0.1, 0.15) is 14.9 Å². The molecule has 0 aliphatic rings. The summed E-state index contributed by atoms with van der Waals surface area (Å²) in [5.41, 5.74) is 0. The summed E-state index contributed by atoms with van der Waals surface area (Å²) in [5.74, 6) is 0. The minimum Gasteiger partial charge on any atom is -0.433 e. The second-order valence-electron chi connectivity index (χ2n) is 5.68. The lowest BCUT2D eigenvalue weighted by molar-refractivity contribution is 0.434. The maximum Gasteiger partial charge on any atom is 0.386 e. The third kappa shape index (κ3) is 5.54. The third-order valence-corrected chi connectivity index (χ3v) is 11.7. The molecule has 0 radical (unpaired) electrons. The second kappa shape index (κ2) is 10.00. The molecule has 0 aliphatic heterocycles. The predicted octanol–water partition coefficient (Wildman–Crippen LogP) is 3.52. The van der Waals surface area contributed by atoms with E-state index in [1.807, 2.05) is 12.1 Å². The average Bonchev–Trinajstić information content (AvgIpc) is 2.47. The molecular weight excluding hydrogens is 332 g/mol. The Morgan fingerprint density at radius 2 is 0.913 bits per heavy atom. The summed E-state index contributed by atoms with van der Waals surface area (Å²) in [6.07, 6.45) is 0. The molecule has 0 N–H and O–H groups in total. The van der Waals surface area contributed by atoms with Crippen molar-refractivity contribution in [3.8, 4) is 0 Å². The monoisotopic (exact) mass is 364 g/mol. The number of hydrogen-bond acceptors (Lipinski definition) is 2. The van der Waals surface area contributed by atoms with E-state index < -0.39 is 26.6 Å². The Kier molecular flexibility index (Phi) is 9.57. The Morgan fingerprint density at radius 3 is 1.17 bits per heavy atom. The van der Waals surface area contributed by atoms with Crippen molar-refractivity contribution in [1.82, 2.24) is 0 Å². The molecular formula is C18H32O2Si3. The number of rotatable bonds is 6. The Labute approximate surface area is 147 Å². The summed E-state index contributed by atoms with van der Waals surface area (Å²) in [6, 6.07) is 21.1. The van der Waals surface area contributed by atoms with Crippen molar-refractivity contribution in [2.24, 2.45) is 0 Å². The molecule has 0 heterocycles. The van der Waals surface area contributed by atoms with E-state index in [0.717, 1.165) is 0 Å². The summed E-state index contributed by atoms with van der Waals surface area (Å²) in [4.78, 5) is 0. The minimum atomic E-state index is -2.55. The lowest BCUT2D eigenvalue weighted by atomic mass is 10.4. The summed E-state index contributed by atoms with van der Waals surface area (Å²) < 4.78 is 13.2. The van der Waals surface area contributed by atoms with Crippen LogP contribution in [0.3, 0.4) is 0 Å². The van der Waals surface area contributed by atoms with E-state index in [2.05, 4.69) is 74.7 Å². The van der Waals surface area contributed by atoms with Crippen molar-refractivity contribution in [2.45, 2.75) is 41.0 Å². The van der Waals surface area contributed by atoms with Gasteiger partial charge in [-0.1, -0.05) is 75.5 Å². The zero-order chi connectivity index (χ0) is 15.3. The van der Waals surface area contributed by atoms with Crippen molar-refractivity contribution >= 4 is 37.0 Å². The fourth-order valence-electron chi connectivity index (χ4n) is 2.45. The highest BCUT2D eigenvalue weighted by molar-refractivity contribution is 6.98. The molecule has 0 saturated heterocycles. The average molecular weight is 365 g/mol. The molecule has 0 unspecified atom stereocenters. The fourth-order valence-corrected chi connectivity index (χ4v) is 12.3. The van der Waals surface area contributed by atoms with Crippen molar-refractivity contribution < 1.29 is 8.23 Å². The molecule has 0 amide bonds. The Morgan fingerprint density at radius 1 is 0.609 bits per heavy atom. The van der Waals surface area contributed by atoms with Gasteiger partial charge in [-0.3, -0.25) is 0 Å². The number of hydrogen-bond donors (Lipinski definition) is 0. The molecule has 5 heteroatoms. The van der Waals surface area contributed by atoms with E-state index in [4.69, 9.17) is 8.23 Å². The van der Waals surface area contributed by atoms with Crippen LogP contribution in [0, 0.1) is 0 Å². The molecule has 128 valence electrons. The summed E-state index contributed by atoms with van der Waals surface area (Å²) in [5, 5.41) is 2.44. The third-order valence-electron chi connectivity index (χ3n) is 3.11. The van der Waals surface area contributed by atoms with E-state index in [1.54, 1.807) is 0 Å². The van der Waals surface area contributed by atoms with Crippen molar-refractivity contribution in [1.29, 1.82) is 0 Å². The maximum absolute atomic E-state index is 6.61. The molecule has 0 fully saturated rings. The topological polar surface area (TPSA) is 18.5 Å². The van der Waals surface area contributed by atoms with Crippen LogP contribution >= 0.6 is 0 Å². The Hall–Kier alpha value is -0.989. The molecule has 23 heavy (non-hydrogen) atoms. The summed E-state index contributed by atoms with van der Waals surface area (Å²) >= 11 is 0. The smallest absolute Gasteiger partial charge is 0.386 e. The lowest BCUT2D eigenvalue weighted by Gasteiger charge is -2.35. The molecule has 0 atom stereocenters. The Bertz CT molecular complexity index is 493. The highest BCUT2D eigenvalue weighted by Crippen LogP contribution is 2.13. The first-order valence-corrected chi connectivity index (χ1v) is 14.9. The van der Waals surface area contributed by atoms with Crippen LogP contribution in [0.4, 0.5) is 0 Å². The zero-order valence-electron chi connectivity index (χ0n) is 13.2. The second-order valence-corrected chi connectivity index (χ2v) is 14.2. The van der Waals surface area contributed by atoms with Crippen LogP contribution < -0.4 is 10.4 Å². The van der Waals surface area contributed by atoms with Crippen LogP contribution in [0.15, 0.2) is 60.7 Å². The fraction of sp³-hybridized carbons (Fsp3) is 0.333. The van der Waals surface area contributed by atoms with Gasteiger partial charge in [0.1, 0.15) is 0 Å². The molecule has 0 aliphatic carbocycles. The molecule has 0 aromatic heterocycles. The molecule has 2 aromatic rings. The first kappa shape index (κ1) is 22.0. The largest absolute Gasteiger partial charge is 0.433 e. The van der Waals surface area contributed by atoms with Gasteiger partial charge in [0, 0.05) is 0 Å². The van der Waals surface area contributed by atoms with Gasteiger partial charge >= 0.3 is 8.56 Å². The standard InChI is InChI=1S/C16H24O2Si3.2CH4/c1-19(2)17-21(18-20(3)4,15-11-7-5-8-12-15)16-13-9-6-10-14-16;;/h5-14,19-20H,1-4H3;2*1H4. The van der Waals surface area contributed by atoms with E-state index >= 15 is 0 Å². The normalized spacial score (nSPS) is 11.0. The van der Waals surface area contributed by atoms with Gasteiger partial charge in [0.25, 0.3) is 0 Å². The van der Waals surface area contributed by atoms with Crippen molar-refractivity contribution in [3.05, 3.63) is 60.7 Å². The van der Waals surface area contributed by atoms with E-state index in [1.165, 1.54) is 10.4 Å². The van der Waals surface area contributed by atoms with E-state index in [9.17, 15) is 0 Å². The quantitative estimate of drug-likeness (QED) is 0.730. The van der Waals surface area contributed by atoms with Gasteiger partial charge in [0.05, 0.1) is 0 Å². The predicted molar refractivity (Wildman–Crippen MR) is 111 cm³/mol. The van der Waals surface area contributed by atoms with Crippen LogP contribution in [-0.4, -0.2) is 26.6 Å². The van der Waals surface area contributed by atoms with Gasteiger partial charge in [0.15, 0.2) is 18.1 Å². The summed E-state index contributed by atoms with van der Waals surface area (Å²) in [7, 11) is -5.02. The maximum atomic E-state index is 6.61. The molecule has 0 saturated carbocycles. The Balaban J connectivity index is 0.00000242. The van der Waals surface area contributed by atoms with Crippen LogP contribution in [0.2, 0.25) is 26.2 Å². The minimum absolute atomic E-state index is 0. The first-order chi connectivity index (χ1) is 10.0. The highest BCUT2D eigenvalue weighted by atomic mass is 28.5. The molecule has 2 nitrogen and oxygen atoms in total. The van der Waals surface area contributed by atoms with Crippen LogP contribution in [0.5, 0.6) is 0 Å². The van der Waals surface area contributed by atoms with Gasteiger partial charge in [-0.25, -0.2) is 0 Å². The van der Waals surface area contributed by atoms with Crippen LogP contribution in [-0.2, 0) is 8.23 Å². The van der Waals surface area contributed by atoms with Crippen molar-refractivity contribution in [2.75, 3.05) is 0 Å². The summed E-state index contributed by atoms with van der Waals surface area (Å²) in [6.45, 7) is 8.88. The molecule has 2 rings (SSSR count). The molecule has 2 aromatic carbocycles. The zero-order valence-corrected chi connectivity index (χ0v) is 16.6. The van der Waals surface area contributed by atoms with Gasteiger partial charge in [-0.15, -0.1) is 0 Å². The van der Waals surface area contributed by atoms with Gasteiger partial charge in [-0.05, 0) is 36.6 Å². The molecule has 0 spiro atoms. The lowest BCUT2D eigenvalue weighted by Crippen LogP contribution is -2.66. The first-order valence-electron chi connectivity index (χ1n) is 7.51. The molecule has 0 bridgehead atoms. The van der Waals surface area contributed by atoms with Gasteiger partial charge in [0.2, 0.25) is 0 Å². The van der Waals surface area contributed by atoms with Gasteiger partial charge in [-0.2, -0.15) is 0 Å². The van der Waals surface area contributed by atoms with E-state index in [0.29, 0.717) is 0 Å². The van der Waals surface area contributed by atoms with Crippen molar-refractivity contribution in [3.63, 3.8) is 0 Å².